The van der Waals surface area contributed by atoms with Gasteiger partial charge in [0.2, 0.25) is 5.91 Å². The van der Waals surface area contributed by atoms with Gasteiger partial charge in [0.15, 0.2) is 0 Å². The smallest absolute Gasteiger partial charge is 0.225 e. The van der Waals surface area contributed by atoms with E-state index in [1.54, 1.807) is 11.3 Å². The van der Waals surface area contributed by atoms with Crippen LogP contribution in [0, 0.1) is 5.92 Å². The standard InChI is InChI=1S/C19H27N3OS/c1-15(2)19(23)21-10-7-16(8-11-21)20-13-17-5-3-9-22(17)14-18-6-4-12-24-18/h3-6,9,12,15-16,20H,7-8,10-11,13-14H2,1-2H3. The van der Waals surface area contributed by atoms with Crippen LogP contribution in [0.4, 0.5) is 0 Å². The third kappa shape index (κ3) is 4.28. The second-order valence-corrected chi connectivity index (χ2v) is 7.87. The maximum atomic E-state index is 12.0. The molecule has 0 aliphatic carbocycles. The van der Waals surface area contributed by atoms with Crippen LogP contribution in [-0.4, -0.2) is 34.5 Å². The van der Waals surface area contributed by atoms with Crippen molar-refractivity contribution >= 4 is 17.2 Å². The molecule has 24 heavy (non-hydrogen) atoms. The third-order valence-corrected chi connectivity index (χ3v) is 5.56. The molecule has 2 aromatic heterocycles. The summed E-state index contributed by atoms with van der Waals surface area (Å²) >= 11 is 1.80. The summed E-state index contributed by atoms with van der Waals surface area (Å²) in [5.41, 5.74) is 1.32. The predicted molar refractivity (Wildman–Crippen MR) is 99.1 cm³/mol. The van der Waals surface area contributed by atoms with Crippen LogP contribution in [0.15, 0.2) is 35.8 Å². The Kier molecular flexibility index (Phi) is 5.74. The predicted octanol–water partition coefficient (Wildman–Crippen LogP) is 3.33. The zero-order chi connectivity index (χ0) is 16.9. The fraction of sp³-hybridized carbons (Fsp3) is 0.526. The van der Waals surface area contributed by atoms with Crippen LogP contribution < -0.4 is 5.32 Å². The van der Waals surface area contributed by atoms with Gasteiger partial charge < -0.3 is 14.8 Å². The number of hydrogen-bond acceptors (Lipinski definition) is 3. The van der Waals surface area contributed by atoms with Crippen molar-refractivity contribution in [2.75, 3.05) is 13.1 Å². The zero-order valence-electron chi connectivity index (χ0n) is 14.6. The van der Waals surface area contributed by atoms with Gasteiger partial charge in [0.1, 0.15) is 0 Å². The molecule has 0 spiro atoms. The Bertz CT molecular complexity index is 639. The highest BCUT2D eigenvalue weighted by Gasteiger charge is 2.23. The van der Waals surface area contributed by atoms with Gasteiger partial charge in [0.05, 0.1) is 6.54 Å². The zero-order valence-corrected chi connectivity index (χ0v) is 15.4. The Morgan fingerprint density at radius 2 is 2.08 bits per heavy atom. The van der Waals surface area contributed by atoms with E-state index >= 15 is 0 Å². The molecule has 1 aliphatic rings. The van der Waals surface area contributed by atoms with Gasteiger partial charge in [-0.15, -0.1) is 11.3 Å². The van der Waals surface area contributed by atoms with Crippen LogP contribution in [0.3, 0.4) is 0 Å². The molecule has 0 atom stereocenters. The number of nitrogens with zero attached hydrogens (tertiary/aromatic N) is 2. The van der Waals surface area contributed by atoms with Crippen molar-refractivity contribution in [2.24, 2.45) is 5.92 Å². The fourth-order valence-electron chi connectivity index (χ4n) is 3.25. The number of carbonyl (C=O) groups is 1. The van der Waals surface area contributed by atoms with Gasteiger partial charge >= 0.3 is 0 Å². The van der Waals surface area contributed by atoms with Crippen LogP contribution in [0.1, 0.15) is 37.3 Å². The number of aromatic nitrogens is 1. The lowest BCUT2D eigenvalue weighted by molar-refractivity contribution is -0.135. The molecule has 1 fully saturated rings. The lowest BCUT2D eigenvalue weighted by Crippen LogP contribution is -2.46. The maximum absolute atomic E-state index is 12.0. The monoisotopic (exact) mass is 345 g/mol. The maximum Gasteiger partial charge on any atom is 0.225 e. The van der Waals surface area contributed by atoms with Crippen molar-refractivity contribution in [1.82, 2.24) is 14.8 Å². The molecule has 1 saturated heterocycles. The quantitative estimate of drug-likeness (QED) is 0.872. The molecular weight excluding hydrogens is 318 g/mol. The average molecular weight is 346 g/mol. The molecule has 1 N–H and O–H groups in total. The first-order chi connectivity index (χ1) is 11.6. The van der Waals surface area contributed by atoms with Gasteiger partial charge in [-0.1, -0.05) is 19.9 Å². The van der Waals surface area contributed by atoms with Crippen molar-refractivity contribution in [3.8, 4) is 0 Å². The lowest BCUT2D eigenvalue weighted by atomic mass is 10.0. The molecule has 0 unspecified atom stereocenters. The Hall–Kier alpha value is -1.59. The number of carbonyl (C=O) groups excluding carboxylic acids is 1. The number of piperidine rings is 1. The molecule has 4 nitrogen and oxygen atoms in total. The molecule has 3 heterocycles. The van der Waals surface area contributed by atoms with Gasteiger partial charge in [-0.3, -0.25) is 4.79 Å². The summed E-state index contributed by atoms with van der Waals surface area (Å²) in [5.74, 6) is 0.397. The molecule has 1 aliphatic heterocycles. The first-order valence-corrected chi connectivity index (χ1v) is 9.70. The molecular formula is C19H27N3OS. The number of amides is 1. The number of likely N-dealkylation sites (tertiary alicyclic amines) is 1. The molecule has 3 rings (SSSR count). The summed E-state index contributed by atoms with van der Waals surface area (Å²) in [6.45, 7) is 7.56. The molecule has 0 aromatic carbocycles. The minimum absolute atomic E-state index is 0.107. The lowest BCUT2D eigenvalue weighted by Gasteiger charge is -2.33. The highest BCUT2D eigenvalue weighted by Crippen LogP contribution is 2.16. The van der Waals surface area contributed by atoms with Crippen molar-refractivity contribution < 1.29 is 4.79 Å². The van der Waals surface area contributed by atoms with E-state index in [9.17, 15) is 4.79 Å². The van der Waals surface area contributed by atoms with Crippen LogP contribution >= 0.6 is 11.3 Å². The minimum Gasteiger partial charge on any atom is -0.345 e. The van der Waals surface area contributed by atoms with E-state index in [1.807, 2.05) is 18.7 Å². The van der Waals surface area contributed by atoms with Crippen molar-refractivity contribution in [1.29, 1.82) is 0 Å². The highest BCUT2D eigenvalue weighted by atomic mass is 32.1. The normalized spacial score (nSPS) is 16.0. The van der Waals surface area contributed by atoms with Gasteiger partial charge in [0, 0.05) is 48.4 Å². The molecule has 0 bridgehead atoms. The van der Waals surface area contributed by atoms with Crippen LogP contribution in [0.25, 0.3) is 0 Å². The van der Waals surface area contributed by atoms with Crippen molar-refractivity contribution in [3.05, 3.63) is 46.4 Å². The van der Waals surface area contributed by atoms with Crippen LogP contribution in [0.5, 0.6) is 0 Å². The molecule has 5 heteroatoms. The molecule has 0 radical (unpaired) electrons. The number of nitrogens with one attached hydrogen (secondary N) is 1. The molecule has 0 saturated carbocycles. The Morgan fingerprint density at radius 3 is 2.75 bits per heavy atom. The van der Waals surface area contributed by atoms with Gasteiger partial charge in [0.25, 0.3) is 0 Å². The van der Waals surface area contributed by atoms with E-state index in [2.05, 4.69) is 45.7 Å². The molecule has 130 valence electrons. The van der Waals surface area contributed by atoms with Gasteiger partial charge in [-0.05, 0) is 36.4 Å². The van der Waals surface area contributed by atoms with Crippen LogP contribution in [-0.2, 0) is 17.9 Å². The fourth-order valence-corrected chi connectivity index (χ4v) is 3.96. The summed E-state index contributed by atoms with van der Waals surface area (Å²) in [4.78, 5) is 15.4. The van der Waals surface area contributed by atoms with E-state index in [4.69, 9.17) is 0 Å². The summed E-state index contributed by atoms with van der Waals surface area (Å²) in [6, 6.07) is 9.11. The Morgan fingerprint density at radius 1 is 1.29 bits per heavy atom. The Labute approximate surface area is 148 Å². The van der Waals surface area contributed by atoms with Crippen LogP contribution in [0.2, 0.25) is 0 Å². The Balaban J connectivity index is 1.47. The molecule has 2 aromatic rings. The van der Waals surface area contributed by atoms with E-state index in [-0.39, 0.29) is 5.92 Å². The number of hydrogen-bond donors (Lipinski definition) is 1. The summed E-state index contributed by atoms with van der Waals surface area (Å²) < 4.78 is 2.32. The van der Waals surface area contributed by atoms with Crippen molar-refractivity contribution in [3.63, 3.8) is 0 Å². The second-order valence-electron chi connectivity index (χ2n) is 6.84. The summed E-state index contributed by atoms with van der Waals surface area (Å²) in [6.07, 6.45) is 4.24. The first kappa shape index (κ1) is 17.2. The van der Waals surface area contributed by atoms with E-state index < -0.39 is 0 Å². The van der Waals surface area contributed by atoms with E-state index in [0.717, 1.165) is 39.0 Å². The van der Waals surface area contributed by atoms with E-state index in [1.165, 1.54) is 10.6 Å². The topological polar surface area (TPSA) is 37.3 Å². The number of thiophene rings is 1. The van der Waals surface area contributed by atoms with E-state index in [0.29, 0.717) is 11.9 Å². The largest absolute Gasteiger partial charge is 0.345 e. The number of rotatable bonds is 6. The summed E-state index contributed by atoms with van der Waals surface area (Å²) in [7, 11) is 0. The second kappa shape index (κ2) is 7.99. The third-order valence-electron chi connectivity index (χ3n) is 4.70. The SMILES string of the molecule is CC(C)C(=O)N1CCC(NCc2cccn2Cc2cccs2)CC1. The first-order valence-electron chi connectivity index (χ1n) is 8.82. The summed E-state index contributed by atoms with van der Waals surface area (Å²) in [5, 5.41) is 5.81. The molecule has 1 amide bonds. The van der Waals surface area contributed by atoms with Gasteiger partial charge in [-0.25, -0.2) is 0 Å². The van der Waals surface area contributed by atoms with Crippen molar-refractivity contribution in [2.45, 2.75) is 45.8 Å². The minimum atomic E-state index is 0.107. The average Bonchev–Trinajstić information content (AvgIpc) is 3.25. The highest BCUT2D eigenvalue weighted by molar-refractivity contribution is 7.09. The van der Waals surface area contributed by atoms with Gasteiger partial charge in [-0.2, -0.15) is 0 Å².